The van der Waals surface area contributed by atoms with Gasteiger partial charge in [0.25, 0.3) is 0 Å². The first-order chi connectivity index (χ1) is 8.43. The van der Waals surface area contributed by atoms with Gasteiger partial charge in [-0.25, -0.2) is 0 Å². The van der Waals surface area contributed by atoms with E-state index in [0.717, 1.165) is 11.9 Å². The molecule has 1 aliphatic carbocycles. The smallest absolute Gasteiger partial charge is 0.0971 e. The van der Waals surface area contributed by atoms with Crippen LogP contribution in [0, 0.1) is 0 Å². The summed E-state index contributed by atoms with van der Waals surface area (Å²) >= 11 is 0. The largest absolute Gasteiger partial charge is 0.159 e. The molecular formula is C15H10N2. The number of benzene rings is 2. The van der Waals surface area contributed by atoms with Crippen molar-refractivity contribution in [3.8, 4) is 11.1 Å². The molecule has 2 nitrogen and oxygen atoms in total. The Hall–Kier alpha value is -2.22. The van der Waals surface area contributed by atoms with E-state index in [1.165, 1.54) is 27.6 Å². The summed E-state index contributed by atoms with van der Waals surface area (Å²) in [6.07, 6.45) is 2.72. The van der Waals surface area contributed by atoms with Crippen molar-refractivity contribution in [1.82, 2.24) is 10.2 Å². The van der Waals surface area contributed by atoms with Crippen LogP contribution in [0.5, 0.6) is 0 Å². The molecule has 0 spiro atoms. The molecule has 0 unspecified atom stereocenters. The molecule has 4 rings (SSSR count). The summed E-state index contributed by atoms with van der Waals surface area (Å²) < 4.78 is 0. The van der Waals surface area contributed by atoms with Gasteiger partial charge in [0.2, 0.25) is 0 Å². The monoisotopic (exact) mass is 218 g/mol. The molecule has 1 aliphatic rings. The van der Waals surface area contributed by atoms with Crippen LogP contribution in [-0.2, 0) is 6.42 Å². The summed E-state index contributed by atoms with van der Waals surface area (Å²) in [6, 6.07) is 14.9. The molecule has 0 saturated heterocycles. The van der Waals surface area contributed by atoms with Gasteiger partial charge in [0.05, 0.1) is 11.7 Å². The van der Waals surface area contributed by atoms with E-state index in [1.807, 2.05) is 6.07 Å². The van der Waals surface area contributed by atoms with Gasteiger partial charge in [-0.05, 0) is 28.3 Å². The molecule has 0 saturated carbocycles. The fourth-order valence-corrected chi connectivity index (χ4v) is 2.67. The first-order valence-corrected chi connectivity index (χ1v) is 5.75. The fourth-order valence-electron chi connectivity index (χ4n) is 2.67. The summed E-state index contributed by atoms with van der Waals surface area (Å²) in [6.45, 7) is 0. The lowest BCUT2D eigenvalue weighted by molar-refractivity contribution is 1.06. The molecule has 3 aromatic rings. The first kappa shape index (κ1) is 8.88. The molecular weight excluding hydrogens is 208 g/mol. The predicted molar refractivity (Wildman–Crippen MR) is 67.8 cm³/mol. The van der Waals surface area contributed by atoms with Crippen molar-refractivity contribution in [2.45, 2.75) is 6.42 Å². The van der Waals surface area contributed by atoms with Gasteiger partial charge in [-0.2, -0.15) is 10.2 Å². The van der Waals surface area contributed by atoms with Crippen LogP contribution in [0.3, 0.4) is 0 Å². The molecule has 0 radical (unpaired) electrons. The lowest BCUT2D eigenvalue weighted by Gasteiger charge is -2.03. The molecule has 0 amide bonds. The zero-order chi connectivity index (χ0) is 11.2. The van der Waals surface area contributed by atoms with Crippen LogP contribution in [0.25, 0.3) is 22.0 Å². The van der Waals surface area contributed by atoms with E-state index < -0.39 is 0 Å². The summed E-state index contributed by atoms with van der Waals surface area (Å²) in [5, 5.41) is 9.46. The van der Waals surface area contributed by atoms with Crippen molar-refractivity contribution >= 4 is 10.9 Å². The normalized spacial score (nSPS) is 12.5. The SMILES string of the molecule is c1ccc2c(c1)Cc1c-2ccc2ccnnc12. The highest BCUT2D eigenvalue weighted by molar-refractivity contribution is 5.92. The Labute approximate surface area is 98.9 Å². The van der Waals surface area contributed by atoms with E-state index in [1.54, 1.807) is 6.20 Å². The average molecular weight is 218 g/mol. The predicted octanol–water partition coefficient (Wildman–Crippen LogP) is 3.20. The Morgan fingerprint density at radius 2 is 1.82 bits per heavy atom. The fraction of sp³-hybridized carbons (Fsp3) is 0.0667. The second-order valence-corrected chi connectivity index (χ2v) is 4.39. The summed E-state index contributed by atoms with van der Waals surface area (Å²) in [5.41, 5.74) is 6.40. The molecule has 1 aromatic heterocycles. The van der Waals surface area contributed by atoms with E-state index in [4.69, 9.17) is 0 Å². The Morgan fingerprint density at radius 3 is 2.82 bits per heavy atom. The first-order valence-electron chi connectivity index (χ1n) is 5.75. The number of rotatable bonds is 0. The maximum atomic E-state index is 4.29. The van der Waals surface area contributed by atoms with Gasteiger partial charge in [0.15, 0.2) is 0 Å². The minimum Gasteiger partial charge on any atom is -0.159 e. The zero-order valence-corrected chi connectivity index (χ0v) is 9.22. The zero-order valence-electron chi connectivity index (χ0n) is 9.22. The van der Waals surface area contributed by atoms with E-state index >= 15 is 0 Å². The van der Waals surface area contributed by atoms with E-state index in [-0.39, 0.29) is 0 Å². The van der Waals surface area contributed by atoms with Crippen molar-refractivity contribution in [2.75, 3.05) is 0 Å². The topological polar surface area (TPSA) is 25.8 Å². The lowest BCUT2D eigenvalue weighted by atomic mass is 10.0. The third kappa shape index (κ3) is 1.15. The summed E-state index contributed by atoms with van der Waals surface area (Å²) in [4.78, 5) is 0. The summed E-state index contributed by atoms with van der Waals surface area (Å²) in [5.74, 6) is 0. The average Bonchev–Trinajstić information content (AvgIpc) is 2.78. The quantitative estimate of drug-likeness (QED) is 0.453. The molecule has 0 bridgehead atoms. The van der Waals surface area contributed by atoms with Gasteiger partial charge in [-0.1, -0.05) is 36.4 Å². The molecule has 17 heavy (non-hydrogen) atoms. The number of hydrogen-bond acceptors (Lipinski definition) is 2. The Kier molecular flexibility index (Phi) is 1.64. The van der Waals surface area contributed by atoms with Gasteiger partial charge in [0, 0.05) is 11.8 Å². The molecule has 0 aliphatic heterocycles. The maximum absolute atomic E-state index is 4.29. The Bertz CT molecular complexity index is 732. The Morgan fingerprint density at radius 1 is 0.882 bits per heavy atom. The Balaban J connectivity index is 2.11. The van der Waals surface area contributed by atoms with E-state index in [0.29, 0.717) is 0 Å². The molecule has 2 aromatic carbocycles. The molecule has 0 fully saturated rings. The van der Waals surface area contributed by atoms with Crippen molar-refractivity contribution in [3.63, 3.8) is 0 Å². The highest BCUT2D eigenvalue weighted by Crippen LogP contribution is 2.39. The van der Waals surface area contributed by atoms with Crippen LogP contribution in [0.1, 0.15) is 11.1 Å². The molecule has 1 heterocycles. The van der Waals surface area contributed by atoms with Crippen molar-refractivity contribution in [2.24, 2.45) is 0 Å². The van der Waals surface area contributed by atoms with Crippen LogP contribution in [0.2, 0.25) is 0 Å². The lowest BCUT2D eigenvalue weighted by Crippen LogP contribution is -1.89. The van der Waals surface area contributed by atoms with E-state index in [9.17, 15) is 0 Å². The van der Waals surface area contributed by atoms with Crippen molar-refractivity contribution < 1.29 is 0 Å². The standard InChI is InChI=1S/C15H10N2/c1-2-4-12-11(3-1)9-14-13(12)6-5-10-7-8-16-17-15(10)14/h1-8H,9H2. The van der Waals surface area contributed by atoms with Gasteiger partial charge < -0.3 is 0 Å². The number of aromatic nitrogens is 2. The highest BCUT2D eigenvalue weighted by atomic mass is 15.1. The second kappa shape index (κ2) is 3.14. The van der Waals surface area contributed by atoms with Crippen molar-refractivity contribution in [1.29, 1.82) is 0 Å². The minimum absolute atomic E-state index is 0.974. The van der Waals surface area contributed by atoms with Crippen LogP contribution >= 0.6 is 0 Å². The highest BCUT2D eigenvalue weighted by Gasteiger charge is 2.20. The van der Waals surface area contributed by atoms with Crippen LogP contribution in [-0.4, -0.2) is 10.2 Å². The minimum atomic E-state index is 0.974. The van der Waals surface area contributed by atoms with Gasteiger partial charge in [-0.15, -0.1) is 0 Å². The second-order valence-electron chi connectivity index (χ2n) is 4.39. The molecule has 80 valence electrons. The van der Waals surface area contributed by atoms with Gasteiger partial charge in [-0.3, -0.25) is 0 Å². The summed E-state index contributed by atoms with van der Waals surface area (Å²) in [7, 11) is 0. The van der Waals surface area contributed by atoms with Crippen molar-refractivity contribution in [3.05, 3.63) is 59.8 Å². The number of hydrogen-bond donors (Lipinski definition) is 0. The van der Waals surface area contributed by atoms with Gasteiger partial charge in [0.1, 0.15) is 0 Å². The molecule has 0 N–H and O–H groups in total. The van der Waals surface area contributed by atoms with E-state index in [2.05, 4.69) is 46.6 Å². The number of fused-ring (bicyclic) bond motifs is 5. The third-order valence-corrected chi connectivity index (χ3v) is 3.47. The number of nitrogens with zero attached hydrogens (tertiary/aromatic N) is 2. The maximum Gasteiger partial charge on any atom is 0.0971 e. The third-order valence-electron chi connectivity index (χ3n) is 3.47. The molecule has 2 heteroatoms. The molecule has 0 atom stereocenters. The van der Waals surface area contributed by atoms with Crippen LogP contribution < -0.4 is 0 Å². The van der Waals surface area contributed by atoms with Crippen LogP contribution in [0.15, 0.2) is 48.7 Å². The van der Waals surface area contributed by atoms with Crippen LogP contribution in [0.4, 0.5) is 0 Å². The van der Waals surface area contributed by atoms with Gasteiger partial charge >= 0.3 is 0 Å².